The van der Waals surface area contributed by atoms with E-state index in [1.54, 1.807) is 18.4 Å². The normalized spacial score (nSPS) is 16.3. The SMILES string of the molecule is O=C1/C(=C\C=C\c2ccc([N+](=O)[O-])o2)SC(=S)N1/N=C/c1ccc(Br)cc1. The molecule has 0 atom stereocenters. The summed E-state index contributed by atoms with van der Waals surface area (Å²) >= 11 is 9.67. The van der Waals surface area contributed by atoms with Gasteiger partial charge < -0.3 is 4.42 Å². The highest BCUT2D eigenvalue weighted by atomic mass is 79.9. The number of hydrogen-bond acceptors (Lipinski definition) is 7. The lowest BCUT2D eigenvalue weighted by Gasteiger charge is -2.05. The average molecular weight is 464 g/mol. The smallest absolute Gasteiger partial charge is 0.401 e. The van der Waals surface area contributed by atoms with E-state index < -0.39 is 4.92 Å². The van der Waals surface area contributed by atoms with Gasteiger partial charge in [-0.3, -0.25) is 14.9 Å². The van der Waals surface area contributed by atoms with Crippen LogP contribution in [0.4, 0.5) is 5.88 Å². The molecule has 1 aromatic heterocycles. The van der Waals surface area contributed by atoms with Crippen LogP contribution in [0.25, 0.3) is 6.08 Å². The van der Waals surface area contributed by atoms with Gasteiger partial charge in [0.25, 0.3) is 5.91 Å². The molecular formula is C17H10BrN3O4S2. The maximum Gasteiger partial charge on any atom is 0.433 e. The van der Waals surface area contributed by atoms with Gasteiger partial charge in [0.2, 0.25) is 0 Å². The summed E-state index contributed by atoms with van der Waals surface area (Å²) in [5, 5.41) is 15.9. The Morgan fingerprint density at radius 2 is 2.00 bits per heavy atom. The van der Waals surface area contributed by atoms with E-state index in [0.29, 0.717) is 15.0 Å². The van der Waals surface area contributed by atoms with Crippen LogP contribution >= 0.6 is 39.9 Å². The topological polar surface area (TPSA) is 88.9 Å². The number of halogens is 1. The molecule has 2 aromatic rings. The van der Waals surface area contributed by atoms with Gasteiger partial charge in [0.1, 0.15) is 10.7 Å². The highest BCUT2D eigenvalue weighted by Crippen LogP contribution is 2.31. The first-order chi connectivity index (χ1) is 12.9. The second-order valence-electron chi connectivity index (χ2n) is 5.10. The van der Waals surface area contributed by atoms with Gasteiger partial charge in [-0.05, 0) is 48.1 Å². The minimum absolute atomic E-state index is 0.307. The summed E-state index contributed by atoms with van der Waals surface area (Å²) in [5.74, 6) is -0.377. The quantitative estimate of drug-likeness (QED) is 0.209. The van der Waals surface area contributed by atoms with Crippen LogP contribution in [0.1, 0.15) is 11.3 Å². The van der Waals surface area contributed by atoms with Gasteiger partial charge >= 0.3 is 5.88 Å². The van der Waals surface area contributed by atoms with E-state index in [-0.39, 0.29) is 11.8 Å². The van der Waals surface area contributed by atoms with Crippen LogP contribution in [-0.4, -0.2) is 26.4 Å². The van der Waals surface area contributed by atoms with Gasteiger partial charge in [0.15, 0.2) is 4.32 Å². The van der Waals surface area contributed by atoms with E-state index in [2.05, 4.69) is 21.0 Å². The van der Waals surface area contributed by atoms with Crippen molar-refractivity contribution in [2.24, 2.45) is 5.10 Å². The van der Waals surface area contributed by atoms with Gasteiger partial charge in [-0.2, -0.15) is 10.1 Å². The molecule has 0 radical (unpaired) electrons. The fraction of sp³-hybridized carbons (Fsp3) is 0. The van der Waals surface area contributed by atoms with Crippen LogP contribution in [0.2, 0.25) is 0 Å². The lowest BCUT2D eigenvalue weighted by Crippen LogP contribution is -2.22. The highest BCUT2D eigenvalue weighted by molar-refractivity contribution is 9.10. The number of amides is 1. The fourth-order valence-electron chi connectivity index (χ4n) is 2.01. The molecule has 0 unspecified atom stereocenters. The number of thiocarbonyl (C=S) groups is 1. The van der Waals surface area contributed by atoms with Crippen LogP contribution < -0.4 is 0 Å². The maximum atomic E-state index is 12.4. The zero-order valence-corrected chi connectivity index (χ0v) is 16.7. The Morgan fingerprint density at radius 1 is 1.26 bits per heavy atom. The number of carbonyl (C=O) groups excluding carboxylic acids is 1. The van der Waals surface area contributed by atoms with Crippen molar-refractivity contribution in [1.29, 1.82) is 0 Å². The molecule has 7 nitrogen and oxygen atoms in total. The van der Waals surface area contributed by atoms with Crippen molar-refractivity contribution >= 4 is 68.3 Å². The highest BCUT2D eigenvalue weighted by Gasteiger charge is 2.31. The summed E-state index contributed by atoms with van der Waals surface area (Å²) in [6.45, 7) is 0. The number of hydrazone groups is 1. The average Bonchev–Trinajstić information content (AvgIpc) is 3.21. The Bertz CT molecular complexity index is 996. The number of thioether (sulfide) groups is 1. The maximum absolute atomic E-state index is 12.4. The molecule has 1 aliphatic rings. The third-order valence-electron chi connectivity index (χ3n) is 3.27. The molecule has 0 bridgehead atoms. The first-order valence-electron chi connectivity index (χ1n) is 7.42. The van der Waals surface area contributed by atoms with E-state index in [1.807, 2.05) is 24.3 Å². The Kier molecular flexibility index (Phi) is 5.99. The van der Waals surface area contributed by atoms with E-state index in [1.165, 1.54) is 18.2 Å². The summed E-state index contributed by atoms with van der Waals surface area (Å²) in [5.41, 5.74) is 0.829. The van der Waals surface area contributed by atoms with Crippen molar-refractivity contribution in [2.75, 3.05) is 0 Å². The molecule has 27 heavy (non-hydrogen) atoms. The molecule has 3 rings (SSSR count). The zero-order chi connectivity index (χ0) is 19.4. The lowest BCUT2D eigenvalue weighted by molar-refractivity contribution is -0.402. The Labute approximate surface area is 171 Å². The number of carbonyl (C=O) groups is 1. The summed E-state index contributed by atoms with van der Waals surface area (Å²) in [4.78, 5) is 22.8. The first kappa shape index (κ1) is 19.2. The Morgan fingerprint density at radius 3 is 2.67 bits per heavy atom. The molecule has 0 N–H and O–H groups in total. The molecule has 0 spiro atoms. The molecular weight excluding hydrogens is 454 g/mol. The van der Waals surface area contributed by atoms with Crippen LogP contribution in [0.15, 0.2) is 67.4 Å². The Hall–Kier alpha value is -2.56. The number of nitro groups is 1. The standard InChI is InChI=1S/C17H10BrN3O4S2/c18-12-6-4-11(5-7-12)10-19-20-16(22)14(27-17(20)26)3-1-2-13-8-9-15(25-13)21(23)24/h1-10H/b2-1+,14-3+,19-10+. The van der Waals surface area contributed by atoms with Crippen molar-refractivity contribution in [3.8, 4) is 0 Å². The van der Waals surface area contributed by atoms with Crippen molar-refractivity contribution in [3.05, 3.63) is 79.4 Å². The van der Waals surface area contributed by atoms with Gasteiger partial charge in [-0.1, -0.05) is 45.9 Å². The number of benzene rings is 1. The molecule has 1 fully saturated rings. The summed E-state index contributed by atoms with van der Waals surface area (Å²) < 4.78 is 6.27. The van der Waals surface area contributed by atoms with E-state index in [4.69, 9.17) is 16.6 Å². The monoisotopic (exact) mass is 463 g/mol. The molecule has 1 aliphatic heterocycles. The molecule has 10 heteroatoms. The third kappa shape index (κ3) is 4.79. The van der Waals surface area contributed by atoms with Gasteiger partial charge in [-0.25, -0.2) is 0 Å². The minimum Gasteiger partial charge on any atom is -0.401 e. The molecule has 1 saturated heterocycles. The number of furan rings is 1. The predicted octanol–water partition coefficient (Wildman–Crippen LogP) is 4.74. The van der Waals surface area contributed by atoms with E-state index >= 15 is 0 Å². The van der Waals surface area contributed by atoms with Gasteiger partial charge in [0, 0.05) is 4.47 Å². The third-order valence-corrected chi connectivity index (χ3v) is 5.10. The lowest BCUT2D eigenvalue weighted by atomic mass is 10.2. The van der Waals surface area contributed by atoms with Crippen molar-refractivity contribution in [1.82, 2.24) is 5.01 Å². The summed E-state index contributed by atoms with van der Waals surface area (Å²) in [6.07, 6.45) is 6.19. The zero-order valence-electron chi connectivity index (χ0n) is 13.4. The minimum atomic E-state index is -0.619. The summed E-state index contributed by atoms with van der Waals surface area (Å²) in [7, 11) is 0. The Balaban J connectivity index is 1.69. The fourth-order valence-corrected chi connectivity index (χ4v) is 3.40. The van der Waals surface area contributed by atoms with E-state index in [9.17, 15) is 14.9 Å². The second kappa shape index (κ2) is 8.42. The van der Waals surface area contributed by atoms with Gasteiger partial charge in [0.05, 0.1) is 17.2 Å². The molecule has 0 saturated carbocycles. The molecule has 1 amide bonds. The molecule has 0 aliphatic carbocycles. The van der Waals surface area contributed by atoms with Crippen molar-refractivity contribution in [2.45, 2.75) is 0 Å². The number of nitrogens with zero attached hydrogens (tertiary/aromatic N) is 3. The molecule has 136 valence electrons. The largest absolute Gasteiger partial charge is 0.433 e. The number of allylic oxidation sites excluding steroid dienone is 2. The van der Waals surface area contributed by atoms with Gasteiger partial charge in [-0.15, -0.1) is 0 Å². The first-order valence-corrected chi connectivity index (χ1v) is 9.44. The summed E-state index contributed by atoms with van der Waals surface area (Å²) in [6, 6.07) is 10.2. The molecule has 1 aromatic carbocycles. The van der Waals surface area contributed by atoms with Crippen molar-refractivity contribution < 1.29 is 14.1 Å². The number of hydrogen-bond donors (Lipinski definition) is 0. The van der Waals surface area contributed by atoms with Crippen LogP contribution in [0.5, 0.6) is 0 Å². The predicted molar refractivity (Wildman–Crippen MR) is 111 cm³/mol. The van der Waals surface area contributed by atoms with Crippen LogP contribution in [0, 0.1) is 10.1 Å². The second-order valence-corrected chi connectivity index (χ2v) is 7.70. The van der Waals surface area contributed by atoms with Crippen LogP contribution in [0.3, 0.4) is 0 Å². The van der Waals surface area contributed by atoms with E-state index in [0.717, 1.165) is 26.8 Å². The number of rotatable bonds is 5. The molecule has 2 heterocycles. The van der Waals surface area contributed by atoms with Crippen molar-refractivity contribution in [3.63, 3.8) is 0 Å². The van der Waals surface area contributed by atoms with Crippen LogP contribution in [-0.2, 0) is 4.79 Å².